The number of carbonyl (C=O) groups is 1. The van der Waals surface area contributed by atoms with Crippen LogP contribution in [-0.4, -0.2) is 25.1 Å². The van der Waals surface area contributed by atoms with Crippen LogP contribution in [0, 0.1) is 6.92 Å². The molecule has 0 saturated heterocycles. The number of rotatable bonds is 2. The third kappa shape index (κ3) is 2.56. The summed E-state index contributed by atoms with van der Waals surface area (Å²) in [4.78, 5) is 16.3. The van der Waals surface area contributed by atoms with E-state index in [0.29, 0.717) is 5.56 Å². The predicted molar refractivity (Wildman–Crippen MR) is 50.3 cm³/mol. The molecule has 0 aliphatic heterocycles. The van der Waals surface area contributed by atoms with E-state index in [0.717, 1.165) is 5.56 Å². The molecule has 70 valence electrons. The monoisotopic (exact) mass is 179 g/mol. The fourth-order valence-electron chi connectivity index (χ4n) is 1.02. The molecule has 1 aromatic carbocycles. The van der Waals surface area contributed by atoms with E-state index in [9.17, 15) is 4.79 Å². The van der Waals surface area contributed by atoms with Crippen LogP contribution >= 0.6 is 0 Å². The first-order valence-electron chi connectivity index (χ1n) is 4.06. The van der Waals surface area contributed by atoms with E-state index < -0.39 is 0 Å². The maximum atomic E-state index is 11.4. The molecule has 0 amide bonds. The van der Waals surface area contributed by atoms with E-state index in [1.165, 1.54) is 5.06 Å². The molecule has 0 saturated carbocycles. The maximum absolute atomic E-state index is 11.4. The summed E-state index contributed by atoms with van der Waals surface area (Å²) in [6, 6.07) is 7.34. The Morgan fingerprint density at radius 2 is 1.92 bits per heavy atom. The highest BCUT2D eigenvalue weighted by Gasteiger charge is 2.10. The molecule has 0 N–H and O–H groups in total. The van der Waals surface area contributed by atoms with Gasteiger partial charge in [-0.3, -0.25) is 0 Å². The molecule has 13 heavy (non-hydrogen) atoms. The highest BCUT2D eigenvalue weighted by Crippen LogP contribution is 2.08. The summed E-state index contributed by atoms with van der Waals surface area (Å²) >= 11 is 0. The zero-order valence-electron chi connectivity index (χ0n) is 8.07. The van der Waals surface area contributed by atoms with Crippen LogP contribution in [0.3, 0.4) is 0 Å². The van der Waals surface area contributed by atoms with Crippen molar-refractivity contribution in [3.63, 3.8) is 0 Å². The van der Waals surface area contributed by atoms with Crippen LogP contribution in [0.15, 0.2) is 24.3 Å². The zero-order valence-corrected chi connectivity index (χ0v) is 8.07. The molecule has 0 fully saturated rings. The van der Waals surface area contributed by atoms with Gasteiger partial charge in [0.05, 0.1) is 5.56 Å². The summed E-state index contributed by atoms with van der Waals surface area (Å²) in [6.07, 6.45) is 0. The van der Waals surface area contributed by atoms with Crippen molar-refractivity contribution in [2.24, 2.45) is 0 Å². The van der Waals surface area contributed by atoms with Gasteiger partial charge in [0.15, 0.2) is 0 Å². The largest absolute Gasteiger partial charge is 0.364 e. The van der Waals surface area contributed by atoms with Gasteiger partial charge < -0.3 is 4.84 Å². The lowest BCUT2D eigenvalue weighted by Gasteiger charge is -2.10. The molecule has 0 aliphatic carbocycles. The van der Waals surface area contributed by atoms with Gasteiger partial charge >= 0.3 is 5.97 Å². The third-order valence-electron chi connectivity index (χ3n) is 1.63. The molecule has 1 rings (SSSR count). The smallest absolute Gasteiger partial charge is 0.357 e. The van der Waals surface area contributed by atoms with Crippen molar-refractivity contribution in [3.05, 3.63) is 35.4 Å². The Morgan fingerprint density at radius 3 is 2.46 bits per heavy atom. The van der Waals surface area contributed by atoms with Gasteiger partial charge in [-0.15, -0.1) is 5.06 Å². The standard InChI is InChI=1S/C10H13NO2/c1-8-6-4-5-7-9(8)10(12)13-11(2)3/h4-7H,1-3H3. The second-order valence-corrected chi connectivity index (χ2v) is 3.01. The van der Waals surface area contributed by atoms with Gasteiger partial charge in [-0.05, 0) is 18.6 Å². The molecular weight excluding hydrogens is 166 g/mol. The molecular formula is C10H13NO2. The summed E-state index contributed by atoms with van der Waals surface area (Å²) in [7, 11) is 3.35. The van der Waals surface area contributed by atoms with Crippen LogP contribution in [0.4, 0.5) is 0 Å². The van der Waals surface area contributed by atoms with Crippen molar-refractivity contribution >= 4 is 5.97 Å². The molecule has 0 unspecified atom stereocenters. The molecule has 1 aromatic rings. The molecule has 3 nitrogen and oxygen atoms in total. The lowest BCUT2D eigenvalue weighted by atomic mass is 10.1. The van der Waals surface area contributed by atoms with Gasteiger partial charge in [0.1, 0.15) is 0 Å². The molecule has 3 heteroatoms. The Kier molecular flexibility index (Phi) is 3.03. The van der Waals surface area contributed by atoms with E-state index in [2.05, 4.69) is 0 Å². The summed E-state index contributed by atoms with van der Waals surface area (Å²) in [5.74, 6) is -0.317. The molecule has 0 spiro atoms. The van der Waals surface area contributed by atoms with E-state index >= 15 is 0 Å². The zero-order chi connectivity index (χ0) is 9.84. The second-order valence-electron chi connectivity index (χ2n) is 3.01. The Hall–Kier alpha value is -1.35. The third-order valence-corrected chi connectivity index (χ3v) is 1.63. The summed E-state index contributed by atoms with van der Waals surface area (Å²) in [5, 5.41) is 1.38. The minimum atomic E-state index is -0.317. The van der Waals surface area contributed by atoms with Gasteiger partial charge in [0, 0.05) is 14.1 Å². The average Bonchev–Trinajstić information content (AvgIpc) is 2.03. The first-order valence-corrected chi connectivity index (χ1v) is 4.06. The fourth-order valence-corrected chi connectivity index (χ4v) is 1.02. The minimum absolute atomic E-state index is 0.317. The van der Waals surface area contributed by atoms with Crippen LogP contribution < -0.4 is 0 Å². The first kappa shape index (κ1) is 9.74. The molecule has 0 aliphatic rings. The lowest BCUT2D eigenvalue weighted by molar-refractivity contribution is -0.0714. The Labute approximate surface area is 77.9 Å². The van der Waals surface area contributed by atoms with Crippen molar-refractivity contribution in [2.45, 2.75) is 6.92 Å². The number of aryl methyl sites for hydroxylation is 1. The molecule has 0 heterocycles. The maximum Gasteiger partial charge on any atom is 0.357 e. The van der Waals surface area contributed by atoms with E-state index in [1.807, 2.05) is 25.1 Å². The highest BCUT2D eigenvalue weighted by atomic mass is 16.7. The first-order chi connectivity index (χ1) is 6.11. The van der Waals surface area contributed by atoms with Crippen molar-refractivity contribution in [1.29, 1.82) is 0 Å². The van der Waals surface area contributed by atoms with Crippen LogP contribution in [0.2, 0.25) is 0 Å². The number of benzene rings is 1. The molecule has 0 aromatic heterocycles. The normalized spacial score (nSPS) is 10.2. The number of hydrogen-bond acceptors (Lipinski definition) is 3. The summed E-state index contributed by atoms with van der Waals surface area (Å²) in [6.45, 7) is 1.88. The van der Waals surface area contributed by atoms with E-state index in [-0.39, 0.29) is 5.97 Å². The number of hydroxylamine groups is 2. The Morgan fingerprint density at radius 1 is 1.31 bits per heavy atom. The van der Waals surface area contributed by atoms with Crippen molar-refractivity contribution in [3.8, 4) is 0 Å². The van der Waals surface area contributed by atoms with Crippen molar-refractivity contribution in [1.82, 2.24) is 5.06 Å². The Bertz CT molecular complexity index is 308. The van der Waals surface area contributed by atoms with Crippen molar-refractivity contribution in [2.75, 3.05) is 14.1 Å². The van der Waals surface area contributed by atoms with Crippen molar-refractivity contribution < 1.29 is 9.63 Å². The summed E-state index contributed by atoms with van der Waals surface area (Å²) < 4.78 is 0. The lowest BCUT2D eigenvalue weighted by Crippen LogP contribution is -2.19. The molecule has 0 atom stereocenters. The summed E-state index contributed by atoms with van der Waals surface area (Å²) in [5.41, 5.74) is 1.53. The van der Waals surface area contributed by atoms with Gasteiger partial charge in [0.25, 0.3) is 0 Å². The van der Waals surface area contributed by atoms with Gasteiger partial charge in [-0.25, -0.2) is 4.79 Å². The van der Waals surface area contributed by atoms with Crippen LogP contribution in [0.5, 0.6) is 0 Å². The Balaban J connectivity index is 2.83. The number of hydrogen-bond donors (Lipinski definition) is 0. The highest BCUT2D eigenvalue weighted by molar-refractivity contribution is 5.90. The van der Waals surface area contributed by atoms with Gasteiger partial charge in [-0.1, -0.05) is 18.2 Å². The predicted octanol–water partition coefficient (Wildman–Crippen LogP) is 1.63. The van der Waals surface area contributed by atoms with Crippen LogP contribution in [0.1, 0.15) is 15.9 Å². The average molecular weight is 179 g/mol. The van der Waals surface area contributed by atoms with E-state index in [1.54, 1.807) is 20.2 Å². The number of nitrogens with zero attached hydrogens (tertiary/aromatic N) is 1. The van der Waals surface area contributed by atoms with Gasteiger partial charge in [-0.2, -0.15) is 0 Å². The molecule has 0 radical (unpaired) electrons. The SMILES string of the molecule is Cc1ccccc1C(=O)ON(C)C. The second kappa shape index (κ2) is 4.05. The van der Waals surface area contributed by atoms with E-state index in [4.69, 9.17) is 4.84 Å². The van der Waals surface area contributed by atoms with Gasteiger partial charge in [0.2, 0.25) is 0 Å². The molecule has 0 bridgehead atoms. The van der Waals surface area contributed by atoms with Crippen LogP contribution in [-0.2, 0) is 4.84 Å². The quantitative estimate of drug-likeness (QED) is 0.646. The number of carbonyl (C=O) groups excluding carboxylic acids is 1. The fraction of sp³-hybridized carbons (Fsp3) is 0.300. The minimum Gasteiger partial charge on any atom is -0.364 e. The topological polar surface area (TPSA) is 29.5 Å². The van der Waals surface area contributed by atoms with Crippen LogP contribution in [0.25, 0.3) is 0 Å².